The molecule has 0 radical (unpaired) electrons. The molecule has 2 N–H and O–H groups in total. The van der Waals surface area contributed by atoms with Gasteiger partial charge in [0.15, 0.2) is 6.61 Å². The van der Waals surface area contributed by atoms with Crippen molar-refractivity contribution in [3.63, 3.8) is 0 Å². The SMILES string of the molecule is Cc1cccc(OCC(=O)N2CCC([C@H]3OCC[C@@H]3C(N)=O)CC2)c1. The van der Waals surface area contributed by atoms with Crippen LogP contribution in [0.4, 0.5) is 0 Å². The van der Waals surface area contributed by atoms with E-state index in [0.29, 0.717) is 37.8 Å². The highest BCUT2D eigenvalue weighted by molar-refractivity contribution is 5.78. The molecule has 2 aliphatic rings. The minimum atomic E-state index is -0.271. The summed E-state index contributed by atoms with van der Waals surface area (Å²) in [5, 5.41) is 0. The topological polar surface area (TPSA) is 81.9 Å². The molecule has 0 aliphatic carbocycles. The van der Waals surface area contributed by atoms with Crippen LogP contribution >= 0.6 is 0 Å². The third-order valence-electron chi connectivity index (χ3n) is 5.21. The summed E-state index contributed by atoms with van der Waals surface area (Å²) in [5.74, 6) is 0.553. The van der Waals surface area contributed by atoms with Crippen molar-refractivity contribution in [3.05, 3.63) is 29.8 Å². The van der Waals surface area contributed by atoms with E-state index in [1.54, 1.807) is 0 Å². The fourth-order valence-corrected chi connectivity index (χ4v) is 3.80. The van der Waals surface area contributed by atoms with Gasteiger partial charge in [0.1, 0.15) is 5.75 Å². The van der Waals surface area contributed by atoms with Crippen LogP contribution in [0.2, 0.25) is 0 Å². The predicted octanol–water partition coefficient (Wildman–Crippen LogP) is 1.50. The molecule has 2 fully saturated rings. The maximum Gasteiger partial charge on any atom is 0.260 e. The highest BCUT2D eigenvalue weighted by Gasteiger charge is 2.39. The lowest BCUT2D eigenvalue weighted by molar-refractivity contribution is -0.136. The molecule has 0 unspecified atom stereocenters. The Morgan fingerprint density at radius 1 is 1.28 bits per heavy atom. The molecule has 6 heteroatoms. The molecule has 0 aromatic heterocycles. The molecular formula is C19H26N2O4. The molecule has 3 rings (SSSR count). The van der Waals surface area contributed by atoms with E-state index in [1.807, 2.05) is 36.1 Å². The van der Waals surface area contributed by atoms with Crippen molar-refractivity contribution in [1.82, 2.24) is 4.90 Å². The number of nitrogens with two attached hydrogens (primary N) is 1. The second-order valence-electron chi connectivity index (χ2n) is 6.96. The van der Waals surface area contributed by atoms with Crippen molar-refractivity contribution in [2.24, 2.45) is 17.6 Å². The summed E-state index contributed by atoms with van der Waals surface area (Å²) in [7, 11) is 0. The van der Waals surface area contributed by atoms with Crippen LogP contribution in [0.3, 0.4) is 0 Å². The van der Waals surface area contributed by atoms with Gasteiger partial charge in [-0.2, -0.15) is 0 Å². The van der Waals surface area contributed by atoms with Gasteiger partial charge in [-0.15, -0.1) is 0 Å². The van der Waals surface area contributed by atoms with E-state index in [2.05, 4.69) is 0 Å². The largest absolute Gasteiger partial charge is 0.484 e. The standard InChI is InChI=1S/C19H26N2O4/c1-13-3-2-4-15(11-13)25-12-17(22)21-8-5-14(6-9-21)18-16(19(20)23)7-10-24-18/h2-4,11,14,16,18H,5-10,12H2,1H3,(H2,20,23)/t16-,18+/m0/s1. The highest BCUT2D eigenvalue weighted by atomic mass is 16.5. The second kappa shape index (κ2) is 7.87. The summed E-state index contributed by atoms with van der Waals surface area (Å²) in [5.41, 5.74) is 6.58. The quantitative estimate of drug-likeness (QED) is 0.876. The first-order chi connectivity index (χ1) is 12.0. The normalized spacial score (nSPS) is 24.3. The Kier molecular flexibility index (Phi) is 5.58. The molecule has 0 spiro atoms. The Bertz CT molecular complexity index is 626. The number of rotatable bonds is 5. The number of ether oxygens (including phenoxy) is 2. The lowest BCUT2D eigenvalue weighted by Gasteiger charge is -2.35. The van der Waals surface area contributed by atoms with Crippen molar-refractivity contribution in [1.29, 1.82) is 0 Å². The van der Waals surface area contributed by atoms with Crippen molar-refractivity contribution in [2.45, 2.75) is 32.3 Å². The number of benzene rings is 1. The average Bonchev–Trinajstić information content (AvgIpc) is 3.10. The molecule has 1 aromatic rings. The maximum atomic E-state index is 12.4. The van der Waals surface area contributed by atoms with E-state index in [-0.39, 0.29) is 30.4 Å². The van der Waals surface area contributed by atoms with Crippen molar-refractivity contribution < 1.29 is 19.1 Å². The molecule has 136 valence electrons. The Balaban J connectivity index is 1.47. The zero-order valence-electron chi connectivity index (χ0n) is 14.6. The van der Waals surface area contributed by atoms with Gasteiger partial charge >= 0.3 is 0 Å². The van der Waals surface area contributed by atoms with Gasteiger partial charge in [-0.05, 0) is 49.8 Å². The van der Waals surface area contributed by atoms with Crippen LogP contribution in [-0.4, -0.2) is 49.1 Å². The first-order valence-electron chi connectivity index (χ1n) is 8.93. The number of carbonyl (C=O) groups is 2. The summed E-state index contributed by atoms with van der Waals surface area (Å²) in [6.45, 7) is 3.99. The molecule has 25 heavy (non-hydrogen) atoms. The van der Waals surface area contributed by atoms with E-state index in [0.717, 1.165) is 18.4 Å². The van der Waals surface area contributed by atoms with Crippen molar-refractivity contribution in [3.8, 4) is 5.75 Å². The number of hydrogen-bond donors (Lipinski definition) is 1. The van der Waals surface area contributed by atoms with Gasteiger partial charge in [-0.3, -0.25) is 9.59 Å². The van der Waals surface area contributed by atoms with E-state index < -0.39 is 0 Å². The first-order valence-corrected chi connectivity index (χ1v) is 8.93. The highest BCUT2D eigenvalue weighted by Crippen LogP contribution is 2.33. The Labute approximate surface area is 148 Å². The lowest BCUT2D eigenvalue weighted by Crippen LogP contribution is -2.45. The average molecular weight is 346 g/mol. The minimum Gasteiger partial charge on any atom is -0.484 e. The molecule has 0 saturated carbocycles. The fourth-order valence-electron chi connectivity index (χ4n) is 3.80. The third-order valence-corrected chi connectivity index (χ3v) is 5.21. The van der Waals surface area contributed by atoms with Crippen LogP contribution in [0.25, 0.3) is 0 Å². The van der Waals surface area contributed by atoms with E-state index in [1.165, 1.54) is 0 Å². The number of likely N-dealkylation sites (tertiary alicyclic amines) is 1. The van der Waals surface area contributed by atoms with Crippen LogP contribution in [0, 0.1) is 18.8 Å². The molecule has 2 aliphatic heterocycles. The van der Waals surface area contributed by atoms with Crippen LogP contribution in [0.5, 0.6) is 5.75 Å². The molecular weight excluding hydrogens is 320 g/mol. The molecule has 1 aromatic carbocycles. The Hall–Kier alpha value is -2.08. The monoisotopic (exact) mass is 346 g/mol. The summed E-state index contributed by atoms with van der Waals surface area (Å²) in [4.78, 5) is 25.7. The van der Waals surface area contributed by atoms with Gasteiger partial charge in [0, 0.05) is 19.7 Å². The van der Waals surface area contributed by atoms with Crippen LogP contribution < -0.4 is 10.5 Å². The Morgan fingerprint density at radius 2 is 2.04 bits per heavy atom. The van der Waals surface area contributed by atoms with Gasteiger partial charge in [0.05, 0.1) is 12.0 Å². The summed E-state index contributed by atoms with van der Waals surface area (Å²) in [6, 6.07) is 7.68. The summed E-state index contributed by atoms with van der Waals surface area (Å²) < 4.78 is 11.3. The van der Waals surface area contributed by atoms with Gasteiger partial charge in [0.25, 0.3) is 5.91 Å². The molecule has 2 atom stereocenters. The molecule has 2 heterocycles. The number of aryl methyl sites for hydroxylation is 1. The minimum absolute atomic E-state index is 0.00116. The van der Waals surface area contributed by atoms with Gasteiger partial charge < -0.3 is 20.1 Å². The lowest BCUT2D eigenvalue weighted by atomic mass is 9.84. The summed E-state index contributed by atoms with van der Waals surface area (Å²) >= 11 is 0. The van der Waals surface area contributed by atoms with Crippen molar-refractivity contribution in [2.75, 3.05) is 26.3 Å². The number of nitrogens with zero attached hydrogens (tertiary/aromatic N) is 1. The zero-order valence-corrected chi connectivity index (χ0v) is 14.6. The second-order valence-corrected chi connectivity index (χ2v) is 6.96. The van der Waals surface area contributed by atoms with Crippen LogP contribution in [0.15, 0.2) is 24.3 Å². The Morgan fingerprint density at radius 3 is 2.72 bits per heavy atom. The summed E-state index contributed by atoms with van der Waals surface area (Å²) in [6.07, 6.45) is 2.30. The van der Waals surface area contributed by atoms with Gasteiger partial charge in [-0.25, -0.2) is 0 Å². The van der Waals surface area contributed by atoms with E-state index in [9.17, 15) is 9.59 Å². The van der Waals surface area contributed by atoms with Crippen molar-refractivity contribution >= 4 is 11.8 Å². The first kappa shape index (κ1) is 17.7. The predicted molar refractivity (Wildman–Crippen MR) is 93.0 cm³/mol. The number of hydrogen-bond acceptors (Lipinski definition) is 4. The molecule has 2 amide bonds. The van der Waals surface area contributed by atoms with E-state index in [4.69, 9.17) is 15.2 Å². The maximum absolute atomic E-state index is 12.4. The smallest absolute Gasteiger partial charge is 0.260 e. The zero-order chi connectivity index (χ0) is 17.8. The van der Waals surface area contributed by atoms with Gasteiger partial charge in [-0.1, -0.05) is 12.1 Å². The number of amides is 2. The van der Waals surface area contributed by atoms with Crippen LogP contribution in [0.1, 0.15) is 24.8 Å². The number of piperidine rings is 1. The third kappa shape index (κ3) is 4.31. The molecule has 2 saturated heterocycles. The van der Waals surface area contributed by atoms with E-state index >= 15 is 0 Å². The van der Waals surface area contributed by atoms with Gasteiger partial charge in [0.2, 0.25) is 5.91 Å². The molecule has 0 bridgehead atoms. The van der Waals surface area contributed by atoms with Crippen LogP contribution in [-0.2, 0) is 14.3 Å². The number of primary amides is 1. The fraction of sp³-hybridized carbons (Fsp3) is 0.579. The number of carbonyl (C=O) groups excluding carboxylic acids is 2. The molecule has 6 nitrogen and oxygen atoms in total.